The van der Waals surface area contributed by atoms with E-state index in [4.69, 9.17) is 4.98 Å². The Labute approximate surface area is 114 Å². The molecule has 1 aromatic carbocycles. The number of hydrogen-bond acceptors (Lipinski definition) is 2. The minimum Gasteiger partial charge on any atom is -0.342 e. The van der Waals surface area contributed by atoms with Crippen LogP contribution in [0.25, 0.3) is 11.0 Å². The lowest BCUT2D eigenvalue weighted by molar-refractivity contribution is 0.587. The lowest BCUT2D eigenvalue weighted by atomic mass is 9.86. The van der Waals surface area contributed by atoms with Crippen molar-refractivity contribution in [2.45, 2.75) is 51.5 Å². The highest BCUT2D eigenvalue weighted by molar-refractivity contribution is 5.79. The smallest absolute Gasteiger partial charge is 0.108 e. The van der Waals surface area contributed by atoms with Crippen LogP contribution in [0.1, 0.15) is 45.0 Å². The van der Waals surface area contributed by atoms with Gasteiger partial charge in [-0.1, -0.05) is 32.9 Å². The zero-order valence-corrected chi connectivity index (χ0v) is 12.1. The van der Waals surface area contributed by atoms with Crippen LogP contribution in [0.15, 0.2) is 18.2 Å². The Bertz CT molecular complexity index is 571. The van der Waals surface area contributed by atoms with Gasteiger partial charge in [0.15, 0.2) is 0 Å². The van der Waals surface area contributed by atoms with Crippen molar-refractivity contribution in [3.8, 4) is 0 Å². The van der Waals surface area contributed by atoms with Crippen LogP contribution in [0.5, 0.6) is 0 Å². The predicted molar refractivity (Wildman–Crippen MR) is 79.5 cm³/mol. The van der Waals surface area contributed by atoms with Crippen molar-refractivity contribution in [3.63, 3.8) is 0 Å². The highest BCUT2D eigenvalue weighted by Gasteiger charge is 2.20. The number of aromatic amines is 1. The van der Waals surface area contributed by atoms with E-state index >= 15 is 0 Å². The molecule has 0 radical (unpaired) electrons. The average Bonchev–Trinajstić information content (AvgIpc) is 2.95. The van der Waals surface area contributed by atoms with Crippen molar-refractivity contribution in [2.75, 3.05) is 6.54 Å². The second kappa shape index (κ2) is 4.64. The third kappa shape index (κ3) is 2.52. The number of nitrogens with zero attached hydrogens (tertiary/aromatic N) is 1. The fraction of sp³-hybridized carbons (Fsp3) is 0.562. The first-order valence-corrected chi connectivity index (χ1v) is 7.25. The van der Waals surface area contributed by atoms with Crippen molar-refractivity contribution < 1.29 is 0 Å². The van der Waals surface area contributed by atoms with Gasteiger partial charge in [-0.15, -0.1) is 0 Å². The van der Waals surface area contributed by atoms with Crippen LogP contribution < -0.4 is 5.32 Å². The van der Waals surface area contributed by atoms with Gasteiger partial charge in [-0.25, -0.2) is 4.98 Å². The van der Waals surface area contributed by atoms with Gasteiger partial charge >= 0.3 is 0 Å². The van der Waals surface area contributed by atoms with Crippen LogP contribution in [-0.4, -0.2) is 22.6 Å². The predicted octanol–water partition coefficient (Wildman–Crippen LogP) is 3.15. The minimum absolute atomic E-state index is 0.136. The Morgan fingerprint density at radius 3 is 2.84 bits per heavy atom. The highest BCUT2D eigenvalue weighted by atomic mass is 15.0. The lowest BCUT2D eigenvalue weighted by Gasteiger charge is -2.19. The summed E-state index contributed by atoms with van der Waals surface area (Å²) in [7, 11) is 0. The van der Waals surface area contributed by atoms with E-state index in [-0.39, 0.29) is 5.41 Å². The molecule has 0 amide bonds. The molecule has 3 rings (SSSR count). The molecule has 102 valence electrons. The van der Waals surface area contributed by atoms with Crippen LogP contribution in [0, 0.1) is 0 Å². The molecule has 19 heavy (non-hydrogen) atoms. The molecule has 1 atom stereocenters. The van der Waals surface area contributed by atoms with Crippen LogP contribution in [0.3, 0.4) is 0 Å². The summed E-state index contributed by atoms with van der Waals surface area (Å²) < 4.78 is 0. The summed E-state index contributed by atoms with van der Waals surface area (Å²) in [5, 5.41) is 3.53. The quantitative estimate of drug-likeness (QED) is 0.867. The number of H-pyrrole nitrogens is 1. The molecule has 3 nitrogen and oxygen atoms in total. The molecule has 1 saturated heterocycles. The zero-order valence-electron chi connectivity index (χ0n) is 12.1. The molecule has 2 N–H and O–H groups in total. The third-order valence-electron chi connectivity index (χ3n) is 3.97. The van der Waals surface area contributed by atoms with E-state index < -0.39 is 0 Å². The Balaban J connectivity index is 1.96. The Morgan fingerprint density at radius 1 is 1.32 bits per heavy atom. The normalized spacial score (nSPS) is 20.3. The zero-order chi connectivity index (χ0) is 13.5. The number of fused-ring (bicyclic) bond motifs is 1. The van der Waals surface area contributed by atoms with Gasteiger partial charge < -0.3 is 10.3 Å². The van der Waals surface area contributed by atoms with Gasteiger partial charge in [0, 0.05) is 12.5 Å². The summed E-state index contributed by atoms with van der Waals surface area (Å²) in [6.45, 7) is 7.89. The van der Waals surface area contributed by atoms with E-state index in [1.807, 2.05) is 0 Å². The molecule has 0 aliphatic carbocycles. The van der Waals surface area contributed by atoms with Crippen LogP contribution in [-0.2, 0) is 11.8 Å². The fourth-order valence-corrected chi connectivity index (χ4v) is 2.95. The summed E-state index contributed by atoms with van der Waals surface area (Å²) in [6.07, 6.45) is 3.57. The molecule has 1 fully saturated rings. The molecule has 2 heterocycles. The van der Waals surface area contributed by atoms with E-state index in [1.54, 1.807) is 0 Å². The first-order valence-electron chi connectivity index (χ1n) is 7.25. The molecule has 3 heteroatoms. The summed E-state index contributed by atoms with van der Waals surface area (Å²) in [5.74, 6) is 1.12. The Kier molecular flexibility index (Phi) is 3.09. The Morgan fingerprint density at radius 2 is 2.16 bits per heavy atom. The lowest BCUT2D eigenvalue weighted by Crippen LogP contribution is -2.24. The van der Waals surface area contributed by atoms with Gasteiger partial charge in [0.25, 0.3) is 0 Å². The van der Waals surface area contributed by atoms with E-state index in [1.165, 1.54) is 23.9 Å². The van der Waals surface area contributed by atoms with E-state index in [0.29, 0.717) is 6.04 Å². The molecule has 0 spiro atoms. The summed E-state index contributed by atoms with van der Waals surface area (Å²) in [6, 6.07) is 7.04. The van der Waals surface area contributed by atoms with E-state index in [2.05, 4.69) is 49.3 Å². The SMILES string of the molecule is CC(C)(C)c1cccc2[nH]c(CC3CCCN3)nc12. The number of imidazole rings is 1. The monoisotopic (exact) mass is 257 g/mol. The van der Waals surface area contributed by atoms with Crippen molar-refractivity contribution >= 4 is 11.0 Å². The summed E-state index contributed by atoms with van der Waals surface area (Å²) >= 11 is 0. The molecule has 0 saturated carbocycles. The van der Waals surface area contributed by atoms with Crippen molar-refractivity contribution in [2.24, 2.45) is 0 Å². The maximum Gasteiger partial charge on any atom is 0.108 e. The van der Waals surface area contributed by atoms with Crippen LogP contribution >= 0.6 is 0 Å². The molecular weight excluding hydrogens is 234 g/mol. The second-order valence-electron chi connectivity index (χ2n) is 6.63. The number of aromatic nitrogens is 2. The molecule has 1 unspecified atom stereocenters. The number of rotatable bonds is 2. The van der Waals surface area contributed by atoms with Gasteiger partial charge in [-0.05, 0) is 36.4 Å². The first-order chi connectivity index (χ1) is 9.04. The molecule has 1 aliphatic rings. The molecule has 1 aliphatic heterocycles. The molecular formula is C16H23N3. The molecule has 2 aromatic rings. The second-order valence-corrected chi connectivity index (χ2v) is 6.63. The average molecular weight is 257 g/mol. The minimum atomic E-state index is 0.136. The van der Waals surface area contributed by atoms with Crippen LogP contribution in [0.2, 0.25) is 0 Å². The fourth-order valence-electron chi connectivity index (χ4n) is 2.95. The summed E-state index contributed by atoms with van der Waals surface area (Å²) in [5.41, 5.74) is 3.77. The number of nitrogens with one attached hydrogen (secondary N) is 2. The van der Waals surface area contributed by atoms with Gasteiger partial charge in [0.2, 0.25) is 0 Å². The maximum absolute atomic E-state index is 4.85. The highest BCUT2D eigenvalue weighted by Crippen LogP contribution is 2.28. The molecule has 0 bridgehead atoms. The number of benzene rings is 1. The van der Waals surface area contributed by atoms with Crippen molar-refractivity contribution in [1.29, 1.82) is 0 Å². The van der Waals surface area contributed by atoms with Gasteiger partial charge in [-0.2, -0.15) is 0 Å². The maximum atomic E-state index is 4.85. The van der Waals surface area contributed by atoms with Gasteiger partial charge in [-0.3, -0.25) is 0 Å². The van der Waals surface area contributed by atoms with E-state index in [0.717, 1.165) is 24.3 Å². The van der Waals surface area contributed by atoms with Crippen LogP contribution in [0.4, 0.5) is 0 Å². The summed E-state index contributed by atoms with van der Waals surface area (Å²) in [4.78, 5) is 8.33. The van der Waals surface area contributed by atoms with Crippen molar-refractivity contribution in [3.05, 3.63) is 29.6 Å². The largest absolute Gasteiger partial charge is 0.342 e. The topological polar surface area (TPSA) is 40.7 Å². The standard InChI is InChI=1S/C16H23N3/c1-16(2,3)12-7-4-8-13-15(12)19-14(18-13)10-11-6-5-9-17-11/h4,7-8,11,17H,5-6,9-10H2,1-3H3,(H,18,19). The molecule has 1 aromatic heterocycles. The van der Waals surface area contributed by atoms with Gasteiger partial charge in [0.05, 0.1) is 11.0 Å². The van der Waals surface area contributed by atoms with Crippen molar-refractivity contribution in [1.82, 2.24) is 15.3 Å². The Hall–Kier alpha value is -1.35. The first kappa shape index (κ1) is 12.7. The third-order valence-corrected chi connectivity index (χ3v) is 3.97. The number of para-hydroxylation sites is 1. The van der Waals surface area contributed by atoms with Gasteiger partial charge in [0.1, 0.15) is 5.82 Å². The van der Waals surface area contributed by atoms with E-state index in [9.17, 15) is 0 Å². The number of hydrogen-bond donors (Lipinski definition) is 2.